The highest BCUT2D eigenvalue weighted by Gasteiger charge is 2.33. The van der Waals surface area contributed by atoms with Gasteiger partial charge in [-0.05, 0) is 24.4 Å². The fourth-order valence-electron chi connectivity index (χ4n) is 2.41. The van der Waals surface area contributed by atoms with Crippen molar-refractivity contribution in [3.8, 4) is 0 Å². The Kier molecular flexibility index (Phi) is 7.48. The minimum Gasteiger partial charge on any atom is -0.357 e. The zero-order chi connectivity index (χ0) is 18.6. The summed E-state index contributed by atoms with van der Waals surface area (Å²) in [6, 6.07) is 9.97. The summed E-state index contributed by atoms with van der Waals surface area (Å²) in [5.41, 5.74) is 1.13. The molecule has 2 aromatic heterocycles. The molecule has 146 valence electrons. The van der Waals surface area contributed by atoms with Crippen molar-refractivity contribution in [3.05, 3.63) is 52.1 Å². The van der Waals surface area contributed by atoms with Crippen LogP contribution in [0, 0.1) is 0 Å². The molecule has 0 atom stereocenters. The van der Waals surface area contributed by atoms with E-state index in [0.717, 1.165) is 33.3 Å². The van der Waals surface area contributed by atoms with Crippen LogP contribution in [-0.2, 0) is 19.3 Å². The maximum atomic E-state index is 12.6. The van der Waals surface area contributed by atoms with Gasteiger partial charge in [-0.25, -0.2) is 9.98 Å². The first-order valence-corrected chi connectivity index (χ1v) is 8.94. The number of fused-ring (bicyclic) bond motifs is 1. The van der Waals surface area contributed by atoms with Crippen LogP contribution in [0.15, 0.2) is 40.7 Å². The zero-order valence-electron chi connectivity index (χ0n) is 14.4. The molecule has 3 aromatic rings. The SMILES string of the molecule is CCNC(=NCc1cc2ccccc2[nH]1)NCc1nc(C(F)(F)F)cs1.I. The molecule has 27 heavy (non-hydrogen) atoms. The lowest BCUT2D eigenvalue weighted by atomic mass is 10.2. The smallest absolute Gasteiger partial charge is 0.357 e. The molecule has 1 aromatic carbocycles. The Morgan fingerprint density at radius 1 is 1.26 bits per heavy atom. The lowest BCUT2D eigenvalue weighted by Gasteiger charge is -2.09. The van der Waals surface area contributed by atoms with E-state index < -0.39 is 11.9 Å². The van der Waals surface area contributed by atoms with Crippen molar-refractivity contribution in [1.82, 2.24) is 20.6 Å². The van der Waals surface area contributed by atoms with E-state index >= 15 is 0 Å². The molecule has 0 aliphatic rings. The molecule has 0 aliphatic carbocycles. The Bertz CT molecular complexity index is 870. The molecule has 5 nitrogen and oxygen atoms in total. The fraction of sp³-hybridized carbons (Fsp3) is 0.294. The lowest BCUT2D eigenvalue weighted by molar-refractivity contribution is -0.140. The minimum atomic E-state index is -4.41. The summed E-state index contributed by atoms with van der Waals surface area (Å²) in [7, 11) is 0. The number of guanidine groups is 1. The Balaban J connectivity index is 0.00000261. The van der Waals surface area contributed by atoms with E-state index in [1.165, 1.54) is 0 Å². The normalized spacial score (nSPS) is 12.1. The molecule has 0 radical (unpaired) electrons. The van der Waals surface area contributed by atoms with Crippen molar-refractivity contribution in [2.24, 2.45) is 4.99 Å². The topological polar surface area (TPSA) is 65.1 Å². The standard InChI is InChI=1S/C17H18F3N5S.HI/c1-2-21-16(23-9-15-25-14(10-26-15)17(18,19)20)22-8-12-7-11-5-3-4-6-13(11)24-12;/h3-7,10,24H,2,8-9H2,1H3,(H2,21,22,23);1H. The van der Waals surface area contributed by atoms with Crippen molar-refractivity contribution in [1.29, 1.82) is 0 Å². The number of thiazole rings is 1. The number of H-pyrrole nitrogens is 1. The molecule has 3 rings (SSSR count). The van der Waals surface area contributed by atoms with E-state index in [-0.39, 0.29) is 30.5 Å². The maximum absolute atomic E-state index is 12.6. The third kappa shape index (κ3) is 5.83. The zero-order valence-corrected chi connectivity index (χ0v) is 17.6. The van der Waals surface area contributed by atoms with E-state index in [1.54, 1.807) is 0 Å². The van der Waals surface area contributed by atoms with Crippen LogP contribution in [0.25, 0.3) is 10.9 Å². The minimum absolute atomic E-state index is 0. The number of hydrogen-bond acceptors (Lipinski definition) is 3. The van der Waals surface area contributed by atoms with E-state index in [0.29, 0.717) is 24.1 Å². The average Bonchev–Trinajstić information content (AvgIpc) is 3.23. The third-order valence-corrected chi connectivity index (χ3v) is 4.44. The molecule has 0 unspecified atom stereocenters. The molecule has 3 N–H and O–H groups in total. The number of aliphatic imine (C=N–C) groups is 1. The summed E-state index contributed by atoms with van der Waals surface area (Å²) >= 11 is 0.971. The number of benzene rings is 1. The molecule has 0 aliphatic heterocycles. The van der Waals surface area contributed by atoms with Crippen molar-refractivity contribution in [2.75, 3.05) is 6.54 Å². The highest BCUT2D eigenvalue weighted by atomic mass is 127. The monoisotopic (exact) mass is 509 g/mol. The van der Waals surface area contributed by atoms with Crippen molar-refractivity contribution >= 4 is 52.2 Å². The van der Waals surface area contributed by atoms with Gasteiger partial charge in [0, 0.05) is 23.1 Å². The van der Waals surface area contributed by atoms with Crippen LogP contribution in [0.2, 0.25) is 0 Å². The van der Waals surface area contributed by atoms with Gasteiger partial charge in [0.15, 0.2) is 11.7 Å². The van der Waals surface area contributed by atoms with Gasteiger partial charge < -0.3 is 15.6 Å². The molecule has 0 saturated heterocycles. The summed E-state index contributed by atoms with van der Waals surface area (Å²) in [5.74, 6) is 0.523. The summed E-state index contributed by atoms with van der Waals surface area (Å²) in [4.78, 5) is 11.4. The van der Waals surface area contributed by atoms with Crippen LogP contribution in [0.3, 0.4) is 0 Å². The predicted octanol–water partition coefficient (Wildman–Crippen LogP) is 4.52. The maximum Gasteiger partial charge on any atom is 0.434 e. The van der Waals surface area contributed by atoms with E-state index in [9.17, 15) is 13.2 Å². The lowest BCUT2D eigenvalue weighted by Crippen LogP contribution is -2.36. The van der Waals surface area contributed by atoms with Gasteiger partial charge in [0.05, 0.1) is 13.1 Å². The second kappa shape index (κ2) is 9.40. The molecule has 10 heteroatoms. The fourth-order valence-corrected chi connectivity index (χ4v) is 3.15. The number of alkyl halides is 3. The Morgan fingerprint density at radius 3 is 2.70 bits per heavy atom. The Labute approximate surface area is 175 Å². The largest absolute Gasteiger partial charge is 0.434 e. The molecular formula is C17H19F3IN5S. The van der Waals surface area contributed by atoms with Gasteiger partial charge in [-0.2, -0.15) is 13.2 Å². The number of nitrogens with zero attached hydrogens (tertiary/aromatic N) is 2. The van der Waals surface area contributed by atoms with Crippen molar-refractivity contribution in [2.45, 2.75) is 26.2 Å². The van der Waals surface area contributed by atoms with Gasteiger partial charge in [-0.1, -0.05) is 18.2 Å². The van der Waals surface area contributed by atoms with Crippen LogP contribution in [0.4, 0.5) is 13.2 Å². The highest BCUT2D eigenvalue weighted by Crippen LogP contribution is 2.29. The first-order chi connectivity index (χ1) is 12.5. The molecule has 0 saturated carbocycles. The summed E-state index contributed by atoms with van der Waals surface area (Å²) in [6.45, 7) is 3.17. The molecule has 0 fully saturated rings. The Morgan fingerprint density at radius 2 is 2.04 bits per heavy atom. The van der Waals surface area contributed by atoms with Crippen LogP contribution >= 0.6 is 35.3 Å². The molecule has 0 amide bonds. The quantitative estimate of drug-likeness (QED) is 0.269. The van der Waals surface area contributed by atoms with Crippen LogP contribution in [-0.4, -0.2) is 22.5 Å². The van der Waals surface area contributed by atoms with Gasteiger partial charge in [-0.3, -0.25) is 0 Å². The number of para-hydroxylation sites is 1. The molecule has 2 heterocycles. The number of aromatic amines is 1. The van der Waals surface area contributed by atoms with Crippen molar-refractivity contribution < 1.29 is 13.2 Å². The van der Waals surface area contributed by atoms with Gasteiger partial charge in [0.25, 0.3) is 0 Å². The van der Waals surface area contributed by atoms with Gasteiger partial charge in [0.2, 0.25) is 0 Å². The Hall–Kier alpha value is -1.82. The summed E-state index contributed by atoms with van der Waals surface area (Å²) in [5, 5.41) is 8.57. The van der Waals surface area contributed by atoms with Gasteiger partial charge in [-0.15, -0.1) is 35.3 Å². The number of halogens is 4. The summed E-state index contributed by atoms with van der Waals surface area (Å²) in [6.07, 6.45) is -4.41. The third-order valence-electron chi connectivity index (χ3n) is 3.59. The van der Waals surface area contributed by atoms with E-state index in [1.807, 2.05) is 37.3 Å². The molecule has 0 bridgehead atoms. The second-order valence-corrected chi connectivity index (χ2v) is 6.50. The average molecular weight is 509 g/mol. The van der Waals surface area contributed by atoms with Gasteiger partial charge in [0.1, 0.15) is 5.01 Å². The highest BCUT2D eigenvalue weighted by molar-refractivity contribution is 14.0. The number of aromatic nitrogens is 2. The molecular weight excluding hydrogens is 490 g/mol. The van der Waals surface area contributed by atoms with E-state index in [4.69, 9.17) is 0 Å². The second-order valence-electron chi connectivity index (χ2n) is 5.55. The first-order valence-electron chi connectivity index (χ1n) is 8.06. The van der Waals surface area contributed by atoms with E-state index in [2.05, 4.69) is 25.6 Å². The number of nitrogens with one attached hydrogen (secondary N) is 3. The van der Waals surface area contributed by atoms with Crippen molar-refractivity contribution in [3.63, 3.8) is 0 Å². The summed E-state index contributed by atoms with van der Waals surface area (Å²) < 4.78 is 37.8. The van der Waals surface area contributed by atoms with Gasteiger partial charge >= 0.3 is 6.18 Å². The first kappa shape index (κ1) is 21.5. The van der Waals surface area contributed by atoms with Crippen LogP contribution in [0.5, 0.6) is 0 Å². The predicted molar refractivity (Wildman–Crippen MR) is 112 cm³/mol. The number of rotatable bonds is 5. The number of hydrogen-bond donors (Lipinski definition) is 3. The van der Waals surface area contributed by atoms with Crippen LogP contribution < -0.4 is 10.6 Å². The van der Waals surface area contributed by atoms with Crippen LogP contribution in [0.1, 0.15) is 23.3 Å². The molecule has 0 spiro atoms.